The Kier molecular flexibility index (Phi) is 6.38. The Balaban J connectivity index is 1.73. The lowest BCUT2D eigenvalue weighted by atomic mass is 10.2. The lowest BCUT2D eigenvalue weighted by molar-refractivity contribution is -0.0328. The number of benzene rings is 2. The van der Waals surface area contributed by atoms with Crippen LogP contribution in [-0.2, 0) is 6.54 Å². The maximum Gasteiger partial charge on any atom is 0.446 e. The highest BCUT2D eigenvalue weighted by molar-refractivity contribution is 8.00. The second-order valence-corrected chi connectivity index (χ2v) is 6.86. The third-order valence-electron chi connectivity index (χ3n) is 3.66. The molecule has 0 saturated heterocycles. The summed E-state index contributed by atoms with van der Waals surface area (Å²) >= 11 is -0.350. The summed E-state index contributed by atoms with van der Waals surface area (Å²) in [5, 5.41) is 2.57. The van der Waals surface area contributed by atoms with E-state index >= 15 is 0 Å². The van der Waals surface area contributed by atoms with E-state index in [1.54, 1.807) is 18.2 Å². The van der Waals surface area contributed by atoms with Gasteiger partial charge < -0.3 is 10.1 Å². The maximum absolute atomic E-state index is 13.3. The number of nitrogens with zero attached hydrogens (tertiary/aromatic N) is 1. The van der Waals surface area contributed by atoms with Crippen LogP contribution < -0.4 is 10.1 Å². The minimum absolute atomic E-state index is 0.0393. The number of pyridine rings is 1. The van der Waals surface area contributed by atoms with E-state index in [-0.39, 0.29) is 40.4 Å². The number of halogens is 4. The second-order valence-electron chi connectivity index (χ2n) is 5.75. The Morgan fingerprint density at radius 3 is 2.62 bits per heavy atom. The minimum atomic E-state index is -4.51. The van der Waals surface area contributed by atoms with Gasteiger partial charge in [-0.3, -0.25) is 4.79 Å². The number of nitrogens with one attached hydrogen (secondary N) is 1. The van der Waals surface area contributed by atoms with Crippen LogP contribution in [0.1, 0.15) is 15.9 Å². The van der Waals surface area contributed by atoms with Gasteiger partial charge in [-0.2, -0.15) is 13.2 Å². The molecule has 3 rings (SSSR count). The molecule has 3 aromatic rings. The molecular weight excluding hydrogens is 408 g/mol. The number of hydrogen-bond donors (Lipinski definition) is 1. The number of ether oxygens (including phenoxy) is 1. The first-order valence-corrected chi connectivity index (χ1v) is 9.14. The summed E-state index contributed by atoms with van der Waals surface area (Å²) in [5.74, 6) is -0.774. The first kappa shape index (κ1) is 20.7. The standard InChI is InChI=1S/C20H14F4N2O2S/c21-14-6-3-7-15(11-14)28-19-13(5-4-10-25-19)12-26-18(27)16-8-1-2-9-17(16)29-20(22,23)24/h1-11H,12H2,(H,26,27). The van der Waals surface area contributed by atoms with Crippen LogP contribution in [0.4, 0.5) is 17.6 Å². The number of alkyl halides is 3. The van der Waals surface area contributed by atoms with Crippen molar-refractivity contribution in [2.75, 3.05) is 0 Å². The molecule has 0 fully saturated rings. The van der Waals surface area contributed by atoms with Crippen molar-refractivity contribution in [2.45, 2.75) is 16.9 Å². The molecule has 0 atom stereocenters. The molecule has 0 aliphatic carbocycles. The van der Waals surface area contributed by atoms with Crippen molar-refractivity contribution in [1.29, 1.82) is 0 Å². The molecule has 1 heterocycles. The van der Waals surface area contributed by atoms with Crippen LogP contribution >= 0.6 is 11.8 Å². The van der Waals surface area contributed by atoms with Gasteiger partial charge in [0.2, 0.25) is 5.88 Å². The van der Waals surface area contributed by atoms with Crippen LogP contribution in [0.3, 0.4) is 0 Å². The summed E-state index contributed by atoms with van der Waals surface area (Å²) in [6.07, 6.45) is 1.47. The fourth-order valence-electron chi connectivity index (χ4n) is 2.43. The molecule has 0 saturated carbocycles. The molecule has 0 aliphatic rings. The van der Waals surface area contributed by atoms with Crippen molar-refractivity contribution in [3.63, 3.8) is 0 Å². The van der Waals surface area contributed by atoms with Crippen LogP contribution in [-0.4, -0.2) is 16.4 Å². The molecule has 1 N–H and O–H groups in total. The van der Waals surface area contributed by atoms with Crippen molar-refractivity contribution in [3.8, 4) is 11.6 Å². The molecule has 29 heavy (non-hydrogen) atoms. The average Bonchev–Trinajstić information content (AvgIpc) is 2.66. The highest BCUT2D eigenvalue weighted by atomic mass is 32.2. The van der Waals surface area contributed by atoms with E-state index in [1.165, 1.54) is 48.7 Å². The Labute approximate surface area is 167 Å². The number of hydrogen-bond acceptors (Lipinski definition) is 4. The van der Waals surface area contributed by atoms with Crippen LogP contribution in [0, 0.1) is 5.82 Å². The monoisotopic (exact) mass is 422 g/mol. The predicted molar refractivity (Wildman–Crippen MR) is 100 cm³/mol. The van der Waals surface area contributed by atoms with Gasteiger partial charge in [-0.25, -0.2) is 9.37 Å². The molecular formula is C20H14F4N2O2S. The minimum Gasteiger partial charge on any atom is -0.439 e. The summed E-state index contributed by atoms with van der Waals surface area (Å²) in [6, 6.07) is 14.2. The van der Waals surface area contributed by atoms with Gasteiger partial charge in [0.25, 0.3) is 5.91 Å². The summed E-state index contributed by atoms with van der Waals surface area (Å²) in [6.45, 7) is -0.0393. The molecule has 0 aliphatic heterocycles. The van der Waals surface area contributed by atoms with Gasteiger partial charge in [0.1, 0.15) is 11.6 Å². The molecule has 1 aromatic heterocycles. The first-order chi connectivity index (χ1) is 13.8. The van der Waals surface area contributed by atoms with E-state index in [0.717, 1.165) is 0 Å². The highest BCUT2D eigenvalue weighted by Gasteiger charge is 2.31. The van der Waals surface area contributed by atoms with Gasteiger partial charge in [0.05, 0.1) is 5.56 Å². The zero-order valence-corrected chi connectivity index (χ0v) is 15.6. The Morgan fingerprint density at radius 1 is 1.07 bits per heavy atom. The number of rotatable bonds is 6. The number of thioether (sulfide) groups is 1. The van der Waals surface area contributed by atoms with Crippen LogP contribution in [0.15, 0.2) is 71.8 Å². The summed E-state index contributed by atoms with van der Waals surface area (Å²) < 4.78 is 57.0. The van der Waals surface area contributed by atoms with Crippen LogP contribution in [0.2, 0.25) is 0 Å². The van der Waals surface area contributed by atoms with Crippen LogP contribution in [0.5, 0.6) is 11.6 Å². The van der Waals surface area contributed by atoms with E-state index < -0.39 is 17.2 Å². The number of carbonyl (C=O) groups is 1. The van der Waals surface area contributed by atoms with E-state index in [2.05, 4.69) is 10.3 Å². The largest absolute Gasteiger partial charge is 0.446 e. The fraction of sp³-hybridized carbons (Fsp3) is 0.100. The first-order valence-electron chi connectivity index (χ1n) is 8.32. The van der Waals surface area contributed by atoms with Crippen molar-refractivity contribution in [2.24, 2.45) is 0 Å². The molecule has 0 unspecified atom stereocenters. The number of carbonyl (C=O) groups excluding carboxylic acids is 1. The Hall–Kier alpha value is -3.07. The van der Waals surface area contributed by atoms with Crippen LogP contribution in [0.25, 0.3) is 0 Å². The normalized spacial score (nSPS) is 11.2. The molecule has 150 valence electrons. The van der Waals surface area contributed by atoms with E-state index in [9.17, 15) is 22.4 Å². The van der Waals surface area contributed by atoms with E-state index in [1.807, 2.05) is 0 Å². The van der Waals surface area contributed by atoms with Gasteiger partial charge in [0.15, 0.2) is 0 Å². The summed E-state index contributed by atoms with van der Waals surface area (Å²) in [4.78, 5) is 16.3. The van der Waals surface area contributed by atoms with E-state index in [0.29, 0.717) is 5.56 Å². The van der Waals surface area contributed by atoms with Gasteiger partial charge in [-0.15, -0.1) is 0 Å². The lowest BCUT2D eigenvalue weighted by Crippen LogP contribution is -2.24. The van der Waals surface area contributed by atoms with Crippen molar-refractivity contribution < 1.29 is 27.1 Å². The summed E-state index contributed by atoms with van der Waals surface area (Å²) in [5.41, 5.74) is -4.12. The Morgan fingerprint density at radius 2 is 1.86 bits per heavy atom. The van der Waals surface area contributed by atoms with Crippen molar-refractivity contribution >= 4 is 17.7 Å². The molecule has 0 spiro atoms. The smallest absolute Gasteiger partial charge is 0.439 e. The van der Waals surface area contributed by atoms with E-state index in [4.69, 9.17) is 4.74 Å². The van der Waals surface area contributed by atoms with Gasteiger partial charge in [-0.05, 0) is 42.1 Å². The zero-order chi connectivity index (χ0) is 20.9. The van der Waals surface area contributed by atoms with Crippen molar-refractivity contribution in [1.82, 2.24) is 10.3 Å². The molecule has 4 nitrogen and oxygen atoms in total. The fourth-order valence-corrected chi connectivity index (χ4v) is 3.10. The number of aromatic nitrogens is 1. The second kappa shape index (κ2) is 8.95. The molecule has 1 amide bonds. The Bertz CT molecular complexity index is 1010. The topological polar surface area (TPSA) is 51.2 Å². The van der Waals surface area contributed by atoms with Gasteiger partial charge in [0, 0.05) is 29.3 Å². The quantitative estimate of drug-likeness (QED) is 0.418. The van der Waals surface area contributed by atoms with Gasteiger partial charge >= 0.3 is 5.51 Å². The summed E-state index contributed by atoms with van der Waals surface area (Å²) in [7, 11) is 0. The zero-order valence-electron chi connectivity index (χ0n) is 14.7. The third-order valence-corrected chi connectivity index (χ3v) is 4.46. The number of amides is 1. The molecule has 2 aromatic carbocycles. The molecule has 0 bridgehead atoms. The highest BCUT2D eigenvalue weighted by Crippen LogP contribution is 2.38. The SMILES string of the molecule is O=C(NCc1cccnc1Oc1cccc(F)c1)c1ccccc1SC(F)(F)F. The third kappa shape index (κ3) is 5.95. The molecule has 9 heteroatoms. The van der Waals surface area contributed by atoms with Gasteiger partial charge in [-0.1, -0.05) is 24.3 Å². The van der Waals surface area contributed by atoms with Crippen molar-refractivity contribution in [3.05, 3.63) is 83.8 Å². The lowest BCUT2D eigenvalue weighted by Gasteiger charge is -2.13. The molecule has 0 radical (unpaired) electrons. The average molecular weight is 422 g/mol. The predicted octanol–water partition coefficient (Wildman–Crippen LogP) is 5.55. The maximum atomic E-state index is 13.3.